The molecule has 0 amide bonds. The lowest BCUT2D eigenvalue weighted by molar-refractivity contribution is 0.0379. The Kier molecular flexibility index (Phi) is 10.2. The third-order valence-corrected chi connectivity index (χ3v) is 6.58. The maximum Gasteiger partial charge on any atom is 0.342 e. The molecule has 0 saturated carbocycles. The maximum absolute atomic E-state index is 13.2. The van der Waals surface area contributed by atoms with Crippen LogP contribution in [0.2, 0.25) is 0 Å². The molecule has 0 saturated heterocycles. The number of furan rings is 2. The Labute approximate surface area is 251 Å². The van der Waals surface area contributed by atoms with E-state index in [1.165, 1.54) is 46.6 Å². The minimum Gasteiger partial charge on any atom is -0.716 e. The normalized spacial score (nSPS) is 11.5. The summed E-state index contributed by atoms with van der Waals surface area (Å²) >= 11 is 0. The second kappa shape index (κ2) is 13.9. The highest BCUT2D eigenvalue weighted by Gasteiger charge is 2.27. The second-order valence-corrected chi connectivity index (χ2v) is 9.95. The first kappa shape index (κ1) is 32.4. The Balaban J connectivity index is 1.76. The quantitative estimate of drug-likeness (QED) is 0.0795. The van der Waals surface area contributed by atoms with Crippen molar-refractivity contribution in [1.82, 2.24) is 0 Å². The van der Waals surface area contributed by atoms with E-state index in [0.717, 1.165) is 6.07 Å². The fraction of sp³-hybridized carbons (Fsp3) is 0.357. The predicted molar refractivity (Wildman–Crippen MR) is 149 cm³/mol. The van der Waals surface area contributed by atoms with Crippen molar-refractivity contribution in [2.75, 3.05) is 54.9 Å². The zero-order chi connectivity index (χ0) is 32.0. The second-order valence-electron chi connectivity index (χ2n) is 8.97. The van der Waals surface area contributed by atoms with Gasteiger partial charge in [0.2, 0.25) is 0 Å². The number of benzene rings is 2. The lowest BCUT2D eigenvalue weighted by Crippen LogP contribution is -2.12. The number of ether oxygens (including phenoxy) is 7. The third-order valence-electron chi connectivity index (χ3n) is 6.20. The van der Waals surface area contributed by atoms with Crippen molar-refractivity contribution in [3.05, 3.63) is 46.9 Å². The van der Waals surface area contributed by atoms with E-state index >= 15 is 0 Å². The SMILES string of the molecule is COCCOC(=O)c1c(C)oc2cc(OC)c(OCc3oc4cc(OC)c(OS(=O)(=O)[O-])cc4c3C(=O)OCCOC)cc12. The number of hydrogen-bond acceptors (Lipinski definition) is 15. The van der Waals surface area contributed by atoms with Crippen molar-refractivity contribution in [2.24, 2.45) is 0 Å². The first-order valence-electron chi connectivity index (χ1n) is 12.9. The molecule has 0 bridgehead atoms. The van der Waals surface area contributed by atoms with Crippen LogP contribution in [0.5, 0.6) is 23.0 Å². The van der Waals surface area contributed by atoms with Gasteiger partial charge in [-0.1, -0.05) is 0 Å². The molecule has 238 valence electrons. The van der Waals surface area contributed by atoms with E-state index in [1.54, 1.807) is 6.92 Å². The molecule has 0 atom stereocenters. The lowest BCUT2D eigenvalue weighted by Gasteiger charge is -2.12. The fourth-order valence-electron chi connectivity index (χ4n) is 4.29. The van der Waals surface area contributed by atoms with Crippen molar-refractivity contribution in [3.8, 4) is 23.0 Å². The summed E-state index contributed by atoms with van der Waals surface area (Å²) < 4.78 is 87.1. The van der Waals surface area contributed by atoms with Crippen LogP contribution in [-0.2, 0) is 36.0 Å². The van der Waals surface area contributed by atoms with Gasteiger partial charge in [-0.05, 0) is 19.1 Å². The van der Waals surface area contributed by atoms with Crippen LogP contribution in [0.4, 0.5) is 0 Å². The lowest BCUT2D eigenvalue weighted by atomic mass is 10.1. The monoisotopic (exact) mass is 637 g/mol. The fourth-order valence-corrected chi connectivity index (χ4v) is 4.64. The van der Waals surface area contributed by atoms with Gasteiger partial charge >= 0.3 is 11.9 Å². The van der Waals surface area contributed by atoms with Gasteiger partial charge in [0.15, 0.2) is 28.8 Å². The van der Waals surface area contributed by atoms with E-state index < -0.39 is 28.1 Å². The molecule has 0 spiro atoms. The topological polar surface area (TPSA) is 191 Å². The summed E-state index contributed by atoms with van der Waals surface area (Å²) in [5, 5.41) is 0.439. The summed E-state index contributed by atoms with van der Waals surface area (Å²) in [6.45, 7) is 1.48. The van der Waals surface area contributed by atoms with Crippen molar-refractivity contribution >= 4 is 44.3 Å². The Morgan fingerprint density at radius 2 is 1.25 bits per heavy atom. The average molecular weight is 638 g/mol. The highest BCUT2D eigenvalue weighted by molar-refractivity contribution is 7.81. The number of carbonyl (C=O) groups excluding carboxylic acids is 2. The summed E-state index contributed by atoms with van der Waals surface area (Å²) in [4.78, 5) is 26.0. The molecule has 0 aliphatic rings. The Bertz CT molecular complexity index is 1770. The van der Waals surface area contributed by atoms with Crippen LogP contribution in [0.25, 0.3) is 21.9 Å². The van der Waals surface area contributed by atoms with Crippen LogP contribution in [0.1, 0.15) is 32.2 Å². The van der Waals surface area contributed by atoms with Crippen LogP contribution in [0.3, 0.4) is 0 Å². The summed E-state index contributed by atoms with van der Waals surface area (Å²) in [7, 11) is 0.347. The Morgan fingerprint density at radius 3 is 1.82 bits per heavy atom. The molecule has 2 aromatic heterocycles. The average Bonchev–Trinajstić information content (AvgIpc) is 3.49. The number of carbonyl (C=O) groups is 2. The van der Waals surface area contributed by atoms with E-state index in [-0.39, 0.29) is 78.1 Å². The highest BCUT2D eigenvalue weighted by Crippen LogP contribution is 2.40. The highest BCUT2D eigenvalue weighted by atomic mass is 32.3. The molecule has 0 aliphatic carbocycles. The van der Waals surface area contributed by atoms with E-state index in [2.05, 4.69) is 4.18 Å². The number of fused-ring (bicyclic) bond motifs is 2. The zero-order valence-corrected chi connectivity index (χ0v) is 25.2. The summed E-state index contributed by atoms with van der Waals surface area (Å²) in [5.74, 6) is -1.42. The van der Waals surface area contributed by atoms with Crippen LogP contribution < -0.4 is 18.4 Å². The molecule has 0 N–H and O–H groups in total. The summed E-state index contributed by atoms with van der Waals surface area (Å²) in [6, 6.07) is 5.39. The summed E-state index contributed by atoms with van der Waals surface area (Å²) in [5.41, 5.74) is 0.462. The third kappa shape index (κ3) is 7.16. The van der Waals surface area contributed by atoms with Gasteiger partial charge in [0.25, 0.3) is 10.4 Å². The standard InChI is InChI=1S/C28H30O15S/c1-15-25(27(29)38-8-6-34-2)16-10-22(20(36-4)12-18(16)41-15)40-14-24-26(28(30)39-9-7-35-3)17-11-23(43-44(31,32)33)21(37-5)13-19(17)42-24/h10-13H,6-9,14H2,1-5H3,(H,31,32,33)/p-1. The molecule has 0 radical (unpaired) electrons. The van der Waals surface area contributed by atoms with Gasteiger partial charge < -0.3 is 50.7 Å². The molecule has 4 aromatic rings. The number of aryl methyl sites for hydroxylation is 1. The predicted octanol–water partition coefficient (Wildman–Crippen LogP) is 3.53. The molecule has 0 unspecified atom stereocenters. The van der Waals surface area contributed by atoms with Gasteiger partial charge in [-0.15, -0.1) is 0 Å². The molecular weight excluding hydrogens is 608 g/mol. The maximum atomic E-state index is 13.2. The molecule has 2 aromatic carbocycles. The van der Waals surface area contributed by atoms with Crippen LogP contribution in [-0.4, -0.2) is 79.8 Å². The summed E-state index contributed by atoms with van der Waals surface area (Å²) in [6.07, 6.45) is 0. The van der Waals surface area contributed by atoms with Crippen molar-refractivity contribution in [3.63, 3.8) is 0 Å². The molecule has 44 heavy (non-hydrogen) atoms. The zero-order valence-electron chi connectivity index (χ0n) is 24.4. The molecule has 0 fully saturated rings. The van der Waals surface area contributed by atoms with Gasteiger partial charge in [0.05, 0.1) is 27.4 Å². The van der Waals surface area contributed by atoms with Gasteiger partial charge in [-0.25, -0.2) is 18.0 Å². The Morgan fingerprint density at radius 1 is 0.727 bits per heavy atom. The first-order chi connectivity index (χ1) is 21.0. The molecular formula is C28H29O15S-. The van der Waals surface area contributed by atoms with Gasteiger partial charge in [-0.3, -0.25) is 0 Å². The molecule has 0 aliphatic heterocycles. The number of rotatable bonds is 15. The van der Waals surface area contributed by atoms with E-state index in [0.29, 0.717) is 16.7 Å². The molecule has 4 rings (SSSR count). The number of esters is 2. The van der Waals surface area contributed by atoms with Crippen molar-refractivity contribution < 1.29 is 68.7 Å². The van der Waals surface area contributed by atoms with Gasteiger partial charge in [-0.2, -0.15) is 0 Å². The number of hydrogen-bond donors (Lipinski definition) is 0. The molecule has 16 heteroatoms. The van der Waals surface area contributed by atoms with Crippen molar-refractivity contribution in [1.29, 1.82) is 0 Å². The molecule has 15 nitrogen and oxygen atoms in total. The smallest absolute Gasteiger partial charge is 0.342 e. The minimum atomic E-state index is -5.19. The van der Waals surface area contributed by atoms with Crippen molar-refractivity contribution in [2.45, 2.75) is 13.5 Å². The van der Waals surface area contributed by atoms with Crippen LogP contribution in [0, 0.1) is 6.92 Å². The minimum absolute atomic E-state index is 0.0312. The Hall–Kier alpha value is -4.51. The van der Waals surface area contributed by atoms with Gasteiger partial charge in [0.1, 0.15) is 47.9 Å². The molecule has 2 heterocycles. The van der Waals surface area contributed by atoms with Gasteiger partial charge in [0, 0.05) is 37.1 Å². The largest absolute Gasteiger partial charge is 0.716 e. The van der Waals surface area contributed by atoms with Crippen LogP contribution in [0.15, 0.2) is 33.1 Å². The first-order valence-corrected chi connectivity index (χ1v) is 14.2. The number of methoxy groups -OCH3 is 4. The van der Waals surface area contributed by atoms with E-state index in [4.69, 9.17) is 42.0 Å². The van der Waals surface area contributed by atoms with E-state index in [9.17, 15) is 22.6 Å². The van der Waals surface area contributed by atoms with Crippen LogP contribution >= 0.6 is 0 Å². The van der Waals surface area contributed by atoms with E-state index in [1.807, 2.05) is 0 Å².